The van der Waals surface area contributed by atoms with Gasteiger partial charge in [0.25, 0.3) is 0 Å². The van der Waals surface area contributed by atoms with Gasteiger partial charge < -0.3 is 14.7 Å². The lowest BCUT2D eigenvalue weighted by atomic mass is 10.0. The Morgan fingerprint density at radius 1 is 1.15 bits per heavy atom. The van der Waals surface area contributed by atoms with Crippen LogP contribution in [0.3, 0.4) is 0 Å². The van der Waals surface area contributed by atoms with Gasteiger partial charge >= 0.3 is 5.69 Å². The van der Waals surface area contributed by atoms with Gasteiger partial charge in [0.1, 0.15) is 5.75 Å². The molecule has 1 heterocycles. The molecule has 0 radical (unpaired) electrons. The fraction of sp³-hybridized carbons (Fsp3) is 0.133. The molecular formula is C15H13ClN2O2. The van der Waals surface area contributed by atoms with E-state index in [1.54, 1.807) is 0 Å². The van der Waals surface area contributed by atoms with E-state index in [-0.39, 0.29) is 5.69 Å². The summed E-state index contributed by atoms with van der Waals surface area (Å²) in [5.41, 5.74) is 3.03. The van der Waals surface area contributed by atoms with Gasteiger partial charge in [0.05, 0.1) is 22.7 Å². The number of aromatic nitrogens is 2. The van der Waals surface area contributed by atoms with Crippen molar-refractivity contribution >= 4 is 22.6 Å². The van der Waals surface area contributed by atoms with Crippen LogP contribution in [0.4, 0.5) is 0 Å². The highest BCUT2D eigenvalue weighted by Crippen LogP contribution is 2.37. The van der Waals surface area contributed by atoms with Crippen LogP contribution in [-0.2, 0) is 0 Å². The van der Waals surface area contributed by atoms with E-state index in [0.717, 1.165) is 27.9 Å². The first-order chi connectivity index (χ1) is 9.69. The second-order valence-electron chi connectivity index (χ2n) is 4.39. The average Bonchev–Trinajstić information content (AvgIpc) is 2.78. The fourth-order valence-corrected chi connectivity index (χ4v) is 2.52. The van der Waals surface area contributed by atoms with Gasteiger partial charge in [-0.3, -0.25) is 0 Å². The quantitative estimate of drug-likeness (QED) is 0.774. The summed E-state index contributed by atoms with van der Waals surface area (Å²) < 4.78 is 5.63. The number of nitrogens with one attached hydrogen (secondary N) is 2. The number of rotatable bonds is 3. The lowest BCUT2D eigenvalue weighted by molar-refractivity contribution is 0.341. The number of imidazole rings is 1. The van der Waals surface area contributed by atoms with Crippen molar-refractivity contribution in [3.63, 3.8) is 0 Å². The minimum atomic E-state index is -0.221. The summed E-state index contributed by atoms with van der Waals surface area (Å²) in [6, 6.07) is 11.2. The van der Waals surface area contributed by atoms with Crippen LogP contribution in [0.25, 0.3) is 22.2 Å². The summed E-state index contributed by atoms with van der Waals surface area (Å²) in [5.74, 6) is 0.734. The van der Waals surface area contributed by atoms with Crippen molar-refractivity contribution in [1.82, 2.24) is 9.97 Å². The molecule has 1 aromatic heterocycles. The Kier molecular flexibility index (Phi) is 3.24. The molecule has 0 bridgehead atoms. The van der Waals surface area contributed by atoms with Crippen LogP contribution in [-0.4, -0.2) is 16.6 Å². The number of ether oxygens (including phenoxy) is 1. The third-order valence-corrected chi connectivity index (χ3v) is 3.39. The van der Waals surface area contributed by atoms with Crippen LogP contribution in [0.5, 0.6) is 5.75 Å². The molecule has 0 aliphatic heterocycles. The van der Waals surface area contributed by atoms with Crippen LogP contribution in [0.15, 0.2) is 41.2 Å². The number of fused-ring (bicyclic) bond motifs is 1. The van der Waals surface area contributed by atoms with E-state index >= 15 is 0 Å². The van der Waals surface area contributed by atoms with E-state index in [1.165, 1.54) is 0 Å². The summed E-state index contributed by atoms with van der Waals surface area (Å²) in [7, 11) is 0. The molecule has 0 atom stereocenters. The molecule has 3 aromatic rings. The van der Waals surface area contributed by atoms with Crippen molar-refractivity contribution in [2.24, 2.45) is 0 Å². The van der Waals surface area contributed by atoms with Gasteiger partial charge in [-0.1, -0.05) is 23.7 Å². The van der Waals surface area contributed by atoms with E-state index in [4.69, 9.17) is 16.3 Å². The normalized spacial score (nSPS) is 10.9. The predicted molar refractivity (Wildman–Crippen MR) is 80.5 cm³/mol. The molecule has 0 aliphatic rings. The Balaban J connectivity index is 2.21. The molecule has 3 rings (SSSR count). The minimum absolute atomic E-state index is 0.221. The first-order valence-corrected chi connectivity index (χ1v) is 6.70. The second kappa shape index (κ2) is 5.06. The third kappa shape index (κ3) is 2.18. The minimum Gasteiger partial charge on any atom is -0.493 e. The van der Waals surface area contributed by atoms with Gasteiger partial charge in [-0.2, -0.15) is 0 Å². The van der Waals surface area contributed by atoms with E-state index in [2.05, 4.69) is 9.97 Å². The zero-order valence-corrected chi connectivity index (χ0v) is 11.6. The number of hydrogen-bond acceptors (Lipinski definition) is 2. The van der Waals surface area contributed by atoms with Gasteiger partial charge in [-0.05, 0) is 36.8 Å². The lowest BCUT2D eigenvalue weighted by Gasteiger charge is -2.12. The fourth-order valence-electron chi connectivity index (χ4n) is 2.25. The van der Waals surface area contributed by atoms with Crippen LogP contribution in [0.2, 0.25) is 5.02 Å². The van der Waals surface area contributed by atoms with E-state index in [0.29, 0.717) is 11.6 Å². The van der Waals surface area contributed by atoms with Gasteiger partial charge in [0.15, 0.2) is 0 Å². The molecule has 4 nitrogen and oxygen atoms in total. The number of aromatic amines is 2. The first-order valence-electron chi connectivity index (χ1n) is 6.33. The molecule has 0 unspecified atom stereocenters. The molecule has 2 aromatic carbocycles. The first kappa shape index (κ1) is 12.8. The average molecular weight is 289 g/mol. The summed E-state index contributed by atoms with van der Waals surface area (Å²) in [4.78, 5) is 16.8. The molecule has 102 valence electrons. The van der Waals surface area contributed by atoms with Crippen molar-refractivity contribution in [2.45, 2.75) is 6.92 Å². The second-order valence-corrected chi connectivity index (χ2v) is 4.79. The molecule has 0 aliphatic carbocycles. The number of benzene rings is 2. The SMILES string of the molecule is CCOc1cccc(Cl)c1-c1ccc2[nH]c(=O)[nH]c2c1. The van der Waals surface area contributed by atoms with E-state index in [1.807, 2.05) is 43.3 Å². The number of halogens is 1. The van der Waals surface area contributed by atoms with Crippen molar-refractivity contribution in [2.75, 3.05) is 6.61 Å². The summed E-state index contributed by atoms with van der Waals surface area (Å²) >= 11 is 6.30. The lowest BCUT2D eigenvalue weighted by Crippen LogP contribution is -1.99. The summed E-state index contributed by atoms with van der Waals surface area (Å²) in [5, 5.41) is 0.619. The molecule has 0 amide bonds. The van der Waals surface area contributed by atoms with Crippen LogP contribution >= 0.6 is 11.6 Å². The maximum atomic E-state index is 11.3. The summed E-state index contributed by atoms with van der Waals surface area (Å²) in [6.07, 6.45) is 0. The topological polar surface area (TPSA) is 57.9 Å². The van der Waals surface area contributed by atoms with E-state index in [9.17, 15) is 4.79 Å². The Labute approximate surface area is 120 Å². The highest BCUT2D eigenvalue weighted by molar-refractivity contribution is 6.33. The molecule has 5 heteroatoms. The zero-order chi connectivity index (χ0) is 14.1. The Hall–Kier alpha value is -2.20. The van der Waals surface area contributed by atoms with Gasteiger partial charge in [-0.15, -0.1) is 0 Å². The molecule has 2 N–H and O–H groups in total. The van der Waals surface area contributed by atoms with Crippen molar-refractivity contribution in [3.8, 4) is 16.9 Å². The Morgan fingerprint density at radius 3 is 2.75 bits per heavy atom. The number of hydrogen-bond donors (Lipinski definition) is 2. The van der Waals surface area contributed by atoms with Crippen LogP contribution in [0, 0.1) is 0 Å². The standard InChI is InChI=1S/C15H13ClN2O2/c1-2-20-13-5-3-4-10(16)14(13)9-6-7-11-12(8-9)18-15(19)17-11/h3-8H,2H2,1H3,(H2,17,18,19). The molecule has 0 saturated carbocycles. The molecule has 20 heavy (non-hydrogen) atoms. The number of H-pyrrole nitrogens is 2. The highest BCUT2D eigenvalue weighted by atomic mass is 35.5. The van der Waals surface area contributed by atoms with Gasteiger partial charge in [0, 0.05) is 5.56 Å². The largest absolute Gasteiger partial charge is 0.493 e. The molecular weight excluding hydrogens is 276 g/mol. The Morgan fingerprint density at radius 2 is 1.95 bits per heavy atom. The zero-order valence-electron chi connectivity index (χ0n) is 10.9. The van der Waals surface area contributed by atoms with Crippen molar-refractivity contribution in [1.29, 1.82) is 0 Å². The van der Waals surface area contributed by atoms with E-state index < -0.39 is 0 Å². The van der Waals surface area contributed by atoms with Gasteiger partial charge in [0.2, 0.25) is 0 Å². The maximum absolute atomic E-state index is 11.3. The van der Waals surface area contributed by atoms with Crippen LogP contribution < -0.4 is 10.4 Å². The van der Waals surface area contributed by atoms with Crippen molar-refractivity contribution in [3.05, 3.63) is 51.9 Å². The van der Waals surface area contributed by atoms with Crippen LogP contribution in [0.1, 0.15) is 6.92 Å². The monoisotopic (exact) mass is 288 g/mol. The highest BCUT2D eigenvalue weighted by Gasteiger charge is 2.11. The Bertz CT molecular complexity index is 820. The summed E-state index contributed by atoms with van der Waals surface area (Å²) in [6.45, 7) is 2.49. The van der Waals surface area contributed by atoms with Crippen molar-refractivity contribution < 1.29 is 4.74 Å². The molecule has 0 saturated heterocycles. The van der Waals surface area contributed by atoms with Gasteiger partial charge in [-0.25, -0.2) is 4.79 Å². The predicted octanol–water partition coefficient (Wildman–Crippen LogP) is 3.58. The molecule has 0 spiro atoms. The molecule has 0 fully saturated rings. The third-order valence-electron chi connectivity index (χ3n) is 3.08. The smallest absolute Gasteiger partial charge is 0.323 e. The maximum Gasteiger partial charge on any atom is 0.323 e.